The van der Waals surface area contributed by atoms with Crippen molar-refractivity contribution in [1.29, 1.82) is 0 Å². The van der Waals surface area contributed by atoms with Gasteiger partial charge in [0.2, 0.25) is 0 Å². The second-order valence-corrected chi connectivity index (χ2v) is 4.61. The summed E-state index contributed by atoms with van der Waals surface area (Å²) < 4.78 is 0. The van der Waals surface area contributed by atoms with E-state index in [0.29, 0.717) is 5.92 Å². The van der Waals surface area contributed by atoms with E-state index < -0.39 is 0 Å². The lowest BCUT2D eigenvalue weighted by atomic mass is 10.2. The molecule has 1 unspecified atom stereocenters. The van der Waals surface area contributed by atoms with Crippen LogP contribution < -0.4 is 0 Å². The Labute approximate surface area is 64.8 Å². The van der Waals surface area contributed by atoms with Gasteiger partial charge in [0.25, 0.3) is 5.37 Å². The molecule has 0 aromatic carbocycles. The molecule has 0 rings (SSSR count). The van der Waals surface area contributed by atoms with Crippen molar-refractivity contribution in [3.05, 3.63) is 11.4 Å². The molecule has 0 radical (unpaired) electrons. The van der Waals surface area contributed by atoms with Gasteiger partial charge in [0.05, 0.1) is 0 Å². The predicted octanol–water partition coefficient (Wildman–Crippen LogP) is 2.90. The maximum Gasteiger partial charge on any atom is 0.280 e. The van der Waals surface area contributed by atoms with Crippen LogP contribution in [0.5, 0.6) is 0 Å². The van der Waals surface area contributed by atoms with E-state index in [1.165, 1.54) is 0 Å². The summed E-state index contributed by atoms with van der Waals surface area (Å²) >= 11 is 0. The van der Waals surface area contributed by atoms with E-state index in [-0.39, 0.29) is 5.37 Å². The molecule has 0 heterocycles. The summed E-state index contributed by atoms with van der Waals surface area (Å²) in [5.74, 6) is 0.472. The van der Waals surface area contributed by atoms with Gasteiger partial charge >= 0.3 is 0 Å². The van der Waals surface area contributed by atoms with Gasteiger partial charge in [-0.25, -0.2) is 6.57 Å². The molecule has 0 saturated heterocycles. The molecule has 52 valence electrons. The van der Waals surface area contributed by atoms with Crippen LogP contribution in [-0.4, -0.2) is 11.6 Å². The zero-order valence-electron chi connectivity index (χ0n) is 5.92. The molecule has 0 N–H and O–H groups in total. The minimum absolute atomic E-state index is 0.139. The lowest BCUT2D eigenvalue weighted by molar-refractivity contribution is 0.678. The second-order valence-electron chi connectivity index (χ2n) is 2.03. The zero-order valence-corrected chi connectivity index (χ0v) is 7.55. The number of hydrogen-bond donors (Lipinski definition) is 0. The average molecular weight is 161 g/mol. The van der Waals surface area contributed by atoms with Crippen LogP contribution in [0.3, 0.4) is 0 Å². The van der Waals surface area contributed by atoms with E-state index in [1.54, 1.807) is 21.6 Å². The standard InChI is InChI=1S/C6H11NS2/c1-5(2)6(7-3)9-8-4/h5-6H,1-2,4H3. The van der Waals surface area contributed by atoms with Crippen molar-refractivity contribution in [2.75, 3.05) is 6.26 Å². The molecule has 0 aromatic heterocycles. The van der Waals surface area contributed by atoms with Crippen molar-refractivity contribution >= 4 is 21.6 Å². The highest BCUT2D eigenvalue weighted by Crippen LogP contribution is 2.29. The van der Waals surface area contributed by atoms with Crippen LogP contribution in [0.4, 0.5) is 0 Å². The molecule has 9 heavy (non-hydrogen) atoms. The summed E-state index contributed by atoms with van der Waals surface area (Å²) in [5, 5.41) is 0.139. The average Bonchev–Trinajstić information content (AvgIpc) is 1.82. The molecular weight excluding hydrogens is 150 g/mol. The first-order valence-electron chi connectivity index (χ1n) is 2.78. The van der Waals surface area contributed by atoms with Gasteiger partial charge in [0, 0.05) is 5.92 Å². The molecule has 0 aliphatic heterocycles. The molecule has 0 aromatic rings. The van der Waals surface area contributed by atoms with E-state index in [4.69, 9.17) is 6.57 Å². The molecule has 3 heteroatoms. The summed E-state index contributed by atoms with van der Waals surface area (Å²) in [6.07, 6.45) is 2.01. The van der Waals surface area contributed by atoms with E-state index in [1.807, 2.05) is 6.26 Å². The summed E-state index contributed by atoms with van der Waals surface area (Å²) in [6, 6.07) is 0. The molecule has 1 nitrogen and oxygen atoms in total. The Balaban J connectivity index is 3.58. The fourth-order valence-corrected chi connectivity index (χ4v) is 2.23. The zero-order chi connectivity index (χ0) is 7.28. The lowest BCUT2D eigenvalue weighted by Gasteiger charge is -2.04. The van der Waals surface area contributed by atoms with Gasteiger partial charge in [0.1, 0.15) is 0 Å². The number of rotatable bonds is 3. The van der Waals surface area contributed by atoms with E-state index >= 15 is 0 Å². The van der Waals surface area contributed by atoms with Crippen molar-refractivity contribution in [2.24, 2.45) is 5.92 Å². The Bertz CT molecular complexity index is 106. The van der Waals surface area contributed by atoms with Gasteiger partial charge in [-0.1, -0.05) is 24.6 Å². The fraction of sp³-hybridized carbons (Fsp3) is 0.833. The number of hydrogen-bond acceptors (Lipinski definition) is 2. The van der Waals surface area contributed by atoms with Crippen molar-refractivity contribution in [3.63, 3.8) is 0 Å². The summed E-state index contributed by atoms with van der Waals surface area (Å²) in [4.78, 5) is 3.47. The van der Waals surface area contributed by atoms with Gasteiger partial charge in [-0.2, -0.15) is 0 Å². The van der Waals surface area contributed by atoms with Crippen LogP contribution in [0.25, 0.3) is 4.85 Å². The van der Waals surface area contributed by atoms with Gasteiger partial charge in [0.15, 0.2) is 0 Å². The van der Waals surface area contributed by atoms with Crippen LogP contribution in [0.1, 0.15) is 13.8 Å². The monoisotopic (exact) mass is 161 g/mol. The van der Waals surface area contributed by atoms with Crippen LogP contribution >= 0.6 is 21.6 Å². The molecular formula is C6H11NS2. The highest BCUT2D eigenvalue weighted by Gasteiger charge is 2.16. The maximum absolute atomic E-state index is 6.78. The van der Waals surface area contributed by atoms with E-state index in [9.17, 15) is 0 Å². The quantitative estimate of drug-likeness (QED) is 0.463. The van der Waals surface area contributed by atoms with Crippen LogP contribution in [0.2, 0.25) is 0 Å². The first kappa shape index (κ1) is 9.19. The highest BCUT2D eigenvalue weighted by atomic mass is 33.1. The summed E-state index contributed by atoms with van der Waals surface area (Å²) in [6.45, 7) is 10.9. The molecule has 0 aliphatic rings. The molecule has 0 aliphatic carbocycles. The third-order valence-corrected chi connectivity index (χ3v) is 3.10. The predicted molar refractivity (Wildman–Crippen MR) is 46.3 cm³/mol. The maximum atomic E-state index is 6.78. The number of nitrogens with zero attached hydrogens (tertiary/aromatic N) is 1. The fourth-order valence-electron chi connectivity index (χ4n) is 0.380. The van der Waals surface area contributed by atoms with Crippen LogP contribution in [0.15, 0.2) is 0 Å². The first-order chi connectivity index (χ1) is 4.22. The smallest absolute Gasteiger partial charge is 0.280 e. The van der Waals surface area contributed by atoms with Gasteiger partial charge in [-0.15, -0.1) is 0 Å². The first-order valence-corrected chi connectivity index (χ1v) is 5.40. The summed E-state index contributed by atoms with van der Waals surface area (Å²) in [7, 11) is 3.31. The Morgan fingerprint density at radius 3 is 2.11 bits per heavy atom. The summed E-state index contributed by atoms with van der Waals surface area (Å²) in [5.41, 5.74) is 0. The van der Waals surface area contributed by atoms with Gasteiger partial charge < -0.3 is 4.85 Å². The Hall–Kier alpha value is 0.190. The van der Waals surface area contributed by atoms with E-state index in [0.717, 1.165) is 0 Å². The Morgan fingerprint density at radius 1 is 1.44 bits per heavy atom. The molecule has 0 saturated carbocycles. The largest absolute Gasteiger partial charge is 0.301 e. The minimum atomic E-state index is 0.139. The third-order valence-electron chi connectivity index (χ3n) is 0.892. The van der Waals surface area contributed by atoms with Crippen molar-refractivity contribution in [3.8, 4) is 0 Å². The second kappa shape index (κ2) is 5.01. The minimum Gasteiger partial charge on any atom is -0.301 e. The normalized spacial score (nSPS) is 13.2. The molecule has 0 amide bonds. The van der Waals surface area contributed by atoms with Crippen molar-refractivity contribution < 1.29 is 0 Å². The third kappa shape index (κ3) is 3.72. The highest BCUT2D eigenvalue weighted by molar-refractivity contribution is 8.76. The van der Waals surface area contributed by atoms with Crippen LogP contribution in [0, 0.1) is 12.5 Å². The molecule has 0 spiro atoms. The van der Waals surface area contributed by atoms with Crippen molar-refractivity contribution in [2.45, 2.75) is 19.2 Å². The lowest BCUT2D eigenvalue weighted by Crippen LogP contribution is -2.03. The van der Waals surface area contributed by atoms with Crippen molar-refractivity contribution in [1.82, 2.24) is 0 Å². The van der Waals surface area contributed by atoms with Gasteiger partial charge in [-0.05, 0) is 17.0 Å². The van der Waals surface area contributed by atoms with Crippen LogP contribution in [-0.2, 0) is 0 Å². The molecule has 0 fully saturated rings. The SMILES string of the molecule is [C-]#[N+]C(SSC)C(C)C. The van der Waals surface area contributed by atoms with E-state index in [2.05, 4.69) is 18.7 Å². The van der Waals surface area contributed by atoms with Gasteiger partial charge in [-0.3, -0.25) is 0 Å². The Kier molecular flexibility index (Phi) is 5.12. The molecule has 1 atom stereocenters. The Morgan fingerprint density at radius 2 is 2.00 bits per heavy atom. The molecule has 0 bridgehead atoms. The topological polar surface area (TPSA) is 4.36 Å².